The molecule has 0 aromatic carbocycles. The molecule has 0 unspecified atom stereocenters. The van der Waals surface area contributed by atoms with E-state index < -0.39 is 0 Å². The summed E-state index contributed by atoms with van der Waals surface area (Å²) in [6.07, 6.45) is 6.95. The summed E-state index contributed by atoms with van der Waals surface area (Å²) in [5.74, 6) is 0.0748. The second kappa shape index (κ2) is 7.83. The van der Waals surface area contributed by atoms with E-state index in [2.05, 4.69) is 18.3 Å². The molecule has 0 saturated carbocycles. The van der Waals surface area contributed by atoms with Crippen molar-refractivity contribution in [2.45, 2.75) is 38.6 Å². The largest absolute Gasteiger partial charge is 0.334 e. The lowest BCUT2D eigenvalue weighted by Crippen LogP contribution is -2.54. The van der Waals surface area contributed by atoms with Gasteiger partial charge in [-0.15, -0.1) is 11.3 Å². The summed E-state index contributed by atoms with van der Waals surface area (Å²) in [7, 11) is 0. The molecule has 1 aliphatic heterocycles. The van der Waals surface area contributed by atoms with Gasteiger partial charge in [0.1, 0.15) is 0 Å². The van der Waals surface area contributed by atoms with Crippen LogP contribution in [-0.2, 0) is 0 Å². The second-order valence-electron chi connectivity index (χ2n) is 6.45. The summed E-state index contributed by atoms with van der Waals surface area (Å²) in [6, 6.07) is 3.83. The minimum absolute atomic E-state index is 0.0165. The number of amides is 3. The maximum atomic E-state index is 12.4. The molecule has 3 rings (SSSR count). The molecule has 3 amide bonds. The first-order chi connectivity index (χ1) is 11.6. The van der Waals surface area contributed by atoms with E-state index in [-0.39, 0.29) is 18.0 Å². The first kappa shape index (κ1) is 17.0. The molecular formula is C18H25N3O2S. The third kappa shape index (κ3) is 3.98. The van der Waals surface area contributed by atoms with Crippen molar-refractivity contribution in [3.05, 3.63) is 34.0 Å². The van der Waals surface area contributed by atoms with Gasteiger partial charge >= 0.3 is 6.03 Å². The van der Waals surface area contributed by atoms with Crippen LogP contribution in [0.1, 0.15) is 42.3 Å². The van der Waals surface area contributed by atoms with Crippen LogP contribution in [0.2, 0.25) is 0 Å². The summed E-state index contributed by atoms with van der Waals surface area (Å²) in [6.45, 7) is 4.44. The van der Waals surface area contributed by atoms with E-state index in [1.165, 1.54) is 29.8 Å². The fourth-order valence-corrected chi connectivity index (χ4v) is 3.98. The number of allylic oxidation sites excluding steroid dienone is 1. The number of nitrogens with zero attached hydrogens (tertiary/aromatic N) is 2. The third-order valence-electron chi connectivity index (χ3n) is 4.81. The number of nitrogens with one attached hydrogen (secondary N) is 1. The van der Waals surface area contributed by atoms with Gasteiger partial charge < -0.3 is 15.1 Å². The van der Waals surface area contributed by atoms with Crippen LogP contribution in [0.3, 0.4) is 0 Å². The van der Waals surface area contributed by atoms with E-state index in [4.69, 9.17) is 0 Å². The number of carbonyl (C=O) groups is 2. The summed E-state index contributed by atoms with van der Waals surface area (Å²) < 4.78 is 0. The fraction of sp³-hybridized carbons (Fsp3) is 0.556. The molecule has 1 aliphatic carbocycles. The summed E-state index contributed by atoms with van der Waals surface area (Å²) >= 11 is 1.47. The number of rotatable bonds is 3. The molecule has 1 aromatic rings. The Morgan fingerprint density at radius 2 is 1.92 bits per heavy atom. The van der Waals surface area contributed by atoms with E-state index in [1.807, 2.05) is 27.3 Å². The Balaban J connectivity index is 1.48. The number of piperazine rings is 1. The Morgan fingerprint density at radius 1 is 1.17 bits per heavy atom. The van der Waals surface area contributed by atoms with Crippen LogP contribution in [0.5, 0.6) is 0 Å². The van der Waals surface area contributed by atoms with Crippen LogP contribution in [0, 0.1) is 0 Å². The van der Waals surface area contributed by atoms with Gasteiger partial charge in [-0.05, 0) is 44.1 Å². The molecule has 0 spiro atoms. The molecule has 24 heavy (non-hydrogen) atoms. The maximum absolute atomic E-state index is 12.4. The number of thiophene rings is 1. The molecule has 2 aliphatic rings. The molecular weight excluding hydrogens is 322 g/mol. The van der Waals surface area contributed by atoms with Crippen LogP contribution >= 0.6 is 11.3 Å². The predicted octanol–water partition coefficient (Wildman–Crippen LogP) is 3.10. The van der Waals surface area contributed by atoms with E-state index in [0.717, 1.165) is 17.7 Å². The number of carbonyl (C=O) groups excluding carboxylic acids is 2. The highest BCUT2D eigenvalue weighted by Gasteiger charge is 2.26. The van der Waals surface area contributed by atoms with Gasteiger partial charge in [0.25, 0.3) is 5.91 Å². The highest BCUT2D eigenvalue weighted by Crippen LogP contribution is 2.20. The van der Waals surface area contributed by atoms with E-state index in [9.17, 15) is 9.59 Å². The second-order valence-corrected chi connectivity index (χ2v) is 7.40. The average molecular weight is 347 g/mol. The Labute approximate surface area is 147 Å². The summed E-state index contributed by atoms with van der Waals surface area (Å²) in [5.41, 5.74) is 1.35. The number of urea groups is 1. The molecule has 0 radical (unpaired) electrons. The Hall–Kier alpha value is -1.82. The first-order valence-corrected chi connectivity index (χ1v) is 9.60. The fourth-order valence-electron chi connectivity index (χ4n) is 3.29. The number of hydrogen-bond acceptors (Lipinski definition) is 3. The number of hydrogen-bond donors (Lipinski definition) is 1. The van der Waals surface area contributed by atoms with Gasteiger partial charge in [-0.3, -0.25) is 4.79 Å². The van der Waals surface area contributed by atoms with Crippen LogP contribution in [0.15, 0.2) is 29.2 Å². The summed E-state index contributed by atoms with van der Waals surface area (Å²) in [5, 5.41) is 5.02. The van der Waals surface area contributed by atoms with Crippen LogP contribution in [0.4, 0.5) is 4.79 Å². The van der Waals surface area contributed by atoms with Crippen molar-refractivity contribution in [1.29, 1.82) is 0 Å². The van der Waals surface area contributed by atoms with Crippen LogP contribution in [-0.4, -0.2) is 54.0 Å². The zero-order chi connectivity index (χ0) is 16.9. The molecule has 0 bridgehead atoms. The maximum Gasteiger partial charge on any atom is 0.317 e. The third-order valence-corrected chi connectivity index (χ3v) is 5.67. The lowest BCUT2D eigenvalue weighted by molar-refractivity contribution is 0.0669. The van der Waals surface area contributed by atoms with Gasteiger partial charge in [0, 0.05) is 32.2 Å². The molecule has 1 aromatic heterocycles. The molecule has 5 nitrogen and oxygen atoms in total. The minimum atomic E-state index is -0.0165. The van der Waals surface area contributed by atoms with Crippen LogP contribution in [0.25, 0.3) is 0 Å². The molecule has 1 N–H and O–H groups in total. The highest BCUT2D eigenvalue weighted by molar-refractivity contribution is 7.12. The quantitative estimate of drug-likeness (QED) is 0.854. The molecule has 130 valence electrons. The van der Waals surface area contributed by atoms with E-state index >= 15 is 0 Å². The Bertz CT molecular complexity index is 604. The van der Waals surface area contributed by atoms with Gasteiger partial charge in [-0.1, -0.05) is 17.7 Å². The first-order valence-electron chi connectivity index (χ1n) is 8.72. The Morgan fingerprint density at radius 3 is 2.54 bits per heavy atom. The topological polar surface area (TPSA) is 52.7 Å². The van der Waals surface area contributed by atoms with Crippen molar-refractivity contribution < 1.29 is 9.59 Å². The Kier molecular flexibility index (Phi) is 5.56. The summed E-state index contributed by atoms with van der Waals surface area (Å²) in [4.78, 5) is 29.2. The van der Waals surface area contributed by atoms with Gasteiger partial charge in [0.05, 0.1) is 4.88 Å². The average Bonchev–Trinajstić information content (AvgIpc) is 3.16. The van der Waals surface area contributed by atoms with Crippen LogP contribution < -0.4 is 5.32 Å². The zero-order valence-electron chi connectivity index (χ0n) is 14.2. The van der Waals surface area contributed by atoms with Gasteiger partial charge in [-0.25, -0.2) is 4.79 Å². The SMILES string of the molecule is C[C@@H](NC(=O)N1CCN(C(=O)c2cccs2)CC1)C1=CCCCC1. The normalized spacial score (nSPS) is 19.6. The van der Waals surface area contributed by atoms with Gasteiger partial charge in [0.2, 0.25) is 0 Å². The van der Waals surface area contributed by atoms with Gasteiger partial charge in [-0.2, -0.15) is 0 Å². The molecule has 1 atom stereocenters. The predicted molar refractivity (Wildman–Crippen MR) is 96.3 cm³/mol. The highest BCUT2D eigenvalue weighted by atomic mass is 32.1. The van der Waals surface area contributed by atoms with Crippen molar-refractivity contribution in [2.75, 3.05) is 26.2 Å². The van der Waals surface area contributed by atoms with Crippen molar-refractivity contribution >= 4 is 23.3 Å². The van der Waals surface area contributed by atoms with Crippen molar-refractivity contribution in [2.24, 2.45) is 0 Å². The molecule has 1 saturated heterocycles. The van der Waals surface area contributed by atoms with Gasteiger partial charge in [0.15, 0.2) is 0 Å². The van der Waals surface area contributed by atoms with Crippen molar-refractivity contribution in [3.63, 3.8) is 0 Å². The minimum Gasteiger partial charge on any atom is -0.334 e. The lowest BCUT2D eigenvalue weighted by atomic mass is 9.95. The van der Waals surface area contributed by atoms with Crippen molar-refractivity contribution in [3.8, 4) is 0 Å². The van der Waals surface area contributed by atoms with E-state index in [1.54, 1.807) is 0 Å². The molecule has 1 fully saturated rings. The zero-order valence-corrected chi connectivity index (χ0v) is 15.0. The van der Waals surface area contributed by atoms with Crippen molar-refractivity contribution in [1.82, 2.24) is 15.1 Å². The molecule has 6 heteroatoms. The standard InChI is InChI=1S/C18H25N3O2S/c1-14(15-6-3-2-4-7-15)19-18(23)21-11-9-20(10-12-21)17(22)16-8-5-13-24-16/h5-6,8,13-14H,2-4,7,9-12H2,1H3,(H,19,23)/t14-/m1/s1. The van der Waals surface area contributed by atoms with E-state index in [0.29, 0.717) is 26.2 Å². The lowest BCUT2D eigenvalue weighted by Gasteiger charge is -2.35. The molecule has 2 heterocycles. The smallest absolute Gasteiger partial charge is 0.317 e. The monoisotopic (exact) mass is 347 g/mol.